The summed E-state index contributed by atoms with van der Waals surface area (Å²) in [4.78, 5) is 14.1. The van der Waals surface area contributed by atoms with Gasteiger partial charge in [0.05, 0.1) is 25.9 Å². The Morgan fingerprint density at radius 3 is 2.65 bits per heavy atom. The van der Waals surface area contributed by atoms with Crippen LogP contribution in [0.2, 0.25) is 0 Å². The van der Waals surface area contributed by atoms with Crippen molar-refractivity contribution in [1.82, 2.24) is 10.3 Å². The highest BCUT2D eigenvalue weighted by molar-refractivity contribution is 5.87. The first kappa shape index (κ1) is 13.7. The average molecular weight is 242 g/mol. The number of rotatable bonds is 6. The molecule has 0 atom stereocenters. The second kappa shape index (κ2) is 5.81. The third-order valence-electron chi connectivity index (χ3n) is 2.56. The summed E-state index contributed by atoms with van der Waals surface area (Å²) in [5.41, 5.74) is 0.411. The van der Waals surface area contributed by atoms with Crippen LogP contribution in [0.25, 0.3) is 0 Å². The van der Waals surface area contributed by atoms with E-state index in [-0.39, 0.29) is 13.2 Å². The van der Waals surface area contributed by atoms with Crippen molar-refractivity contribution in [3.05, 3.63) is 23.5 Å². The lowest BCUT2D eigenvalue weighted by Gasteiger charge is -2.25. The smallest absolute Gasteiger partial charge is 0.354 e. The van der Waals surface area contributed by atoms with Crippen LogP contribution < -0.4 is 5.32 Å². The Balaban J connectivity index is 2.58. The number of aliphatic hydroxyl groups is 2. The molecular formula is C11H18N2O4. The molecule has 0 fully saturated rings. The summed E-state index contributed by atoms with van der Waals surface area (Å²) in [6.07, 6.45) is 0. The third kappa shape index (κ3) is 3.55. The van der Waals surface area contributed by atoms with Gasteiger partial charge in [0.25, 0.3) is 0 Å². The van der Waals surface area contributed by atoms with Crippen molar-refractivity contribution >= 4 is 5.97 Å². The molecule has 0 aliphatic rings. The van der Waals surface area contributed by atoms with Gasteiger partial charge in [-0.1, -0.05) is 0 Å². The Hall–Kier alpha value is -1.37. The third-order valence-corrected chi connectivity index (χ3v) is 2.56. The summed E-state index contributed by atoms with van der Waals surface area (Å²) in [7, 11) is 1.32. The van der Waals surface area contributed by atoms with Crippen molar-refractivity contribution in [1.29, 1.82) is 0 Å². The summed E-state index contributed by atoms with van der Waals surface area (Å²) in [5.74, 6) is -0.427. The number of aliphatic hydroxyl groups excluding tert-OH is 2. The van der Waals surface area contributed by atoms with E-state index in [1.807, 2.05) is 0 Å². The fraction of sp³-hybridized carbons (Fsp3) is 0.545. The first-order valence-electron chi connectivity index (χ1n) is 5.27. The highest BCUT2D eigenvalue weighted by Crippen LogP contribution is 2.06. The van der Waals surface area contributed by atoms with E-state index in [1.54, 1.807) is 19.1 Å². The lowest BCUT2D eigenvalue weighted by Crippen LogP contribution is -2.48. The first-order valence-corrected chi connectivity index (χ1v) is 5.27. The van der Waals surface area contributed by atoms with Gasteiger partial charge >= 0.3 is 5.97 Å². The van der Waals surface area contributed by atoms with Crippen LogP contribution in [0, 0.1) is 0 Å². The molecule has 1 aromatic heterocycles. The lowest BCUT2D eigenvalue weighted by molar-refractivity contribution is 0.0594. The van der Waals surface area contributed by atoms with E-state index < -0.39 is 11.5 Å². The van der Waals surface area contributed by atoms with Gasteiger partial charge < -0.3 is 25.3 Å². The molecule has 0 bridgehead atoms. The van der Waals surface area contributed by atoms with Gasteiger partial charge in [-0.25, -0.2) is 4.79 Å². The molecule has 0 spiro atoms. The summed E-state index contributed by atoms with van der Waals surface area (Å²) in [6.45, 7) is 1.77. The summed E-state index contributed by atoms with van der Waals surface area (Å²) >= 11 is 0. The summed E-state index contributed by atoms with van der Waals surface area (Å²) in [6, 6.07) is 3.37. The van der Waals surface area contributed by atoms with Gasteiger partial charge in [-0.3, -0.25) is 0 Å². The SMILES string of the molecule is COC(=O)c1ccc(CNC(C)(CO)CO)[nH]1. The molecule has 0 saturated heterocycles. The van der Waals surface area contributed by atoms with E-state index in [0.29, 0.717) is 12.2 Å². The van der Waals surface area contributed by atoms with Crippen LogP contribution >= 0.6 is 0 Å². The Morgan fingerprint density at radius 2 is 2.12 bits per heavy atom. The largest absolute Gasteiger partial charge is 0.464 e. The maximum absolute atomic E-state index is 11.2. The molecule has 6 nitrogen and oxygen atoms in total. The second-order valence-electron chi connectivity index (χ2n) is 4.12. The van der Waals surface area contributed by atoms with Crippen LogP contribution in [-0.4, -0.2) is 47.0 Å². The Labute approximate surface area is 99.6 Å². The number of methoxy groups -OCH3 is 1. The van der Waals surface area contributed by atoms with Gasteiger partial charge in [0.1, 0.15) is 5.69 Å². The van der Waals surface area contributed by atoms with Gasteiger partial charge in [0.15, 0.2) is 0 Å². The molecule has 17 heavy (non-hydrogen) atoms. The number of nitrogens with one attached hydrogen (secondary N) is 2. The standard InChI is InChI=1S/C11H18N2O4/c1-11(6-14,7-15)12-5-8-3-4-9(13-8)10(16)17-2/h3-4,12-15H,5-7H2,1-2H3. The fourth-order valence-electron chi connectivity index (χ4n) is 1.24. The maximum atomic E-state index is 11.2. The minimum Gasteiger partial charge on any atom is -0.464 e. The Bertz CT molecular complexity index is 371. The number of hydrogen-bond donors (Lipinski definition) is 4. The molecule has 1 rings (SSSR count). The van der Waals surface area contributed by atoms with Crippen molar-refractivity contribution in [3.63, 3.8) is 0 Å². The van der Waals surface area contributed by atoms with Crippen molar-refractivity contribution in [3.8, 4) is 0 Å². The van der Waals surface area contributed by atoms with Crippen molar-refractivity contribution < 1.29 is 19.7 Å². The molecule has 0 amide bonds. The molecule has 1 aromatic rings. The normalized spacial score (nSPS) is 11.5. The van der Waals surface area contributed by atoms with Gasteiger partial charge in [0, 0.05) is 12.2 Å². The van der Waals surface area contributed by atoms with Gasteiger partial charge in [-0.15, -0.1) is 0 Å². The number of ether oxygens (including phenoxy) is 1. The summed E-state index contributed by atoms with van der Waals surface area (Å²) in [5, 5.41) is 21.2. The van der Waals surface area contributed by atoms with E-state index in [0.717, 1.165) is 5.69 Å². The van der Waals surface area contributed by atoms with Crippen LogP contribution in [0.15, 0.2) is 12.1 Å². The van der Waals surface area contributed by atoms with Crippen molar-refractivity contribution in [2.75, 3.05) is 20.3 Å². The van der Waals surface area contributed by atoms with E-state index in [1.165, 1.54) is 7.11 Å². The number of aromatic nitrogens is 1. The van der Waals surface area contributed by atoms with E-state index in [4.69, 9.17) is 10.2 Å². The van der Waals surface area contributed by atoms with E-state index >= 15 is 0 Å². The zero-order valence-electron chi connectivity index (χ0n) is 9.99. The van der Waals surface area contributed by atoms with Crippen LogP contribution in [0.1, 0.15) is 23.1 Å². The quantitative estimate of drug-likeness (QED) is 0.511. The molecule has 4 N–H and O–H groups in total. The number of carbonyl (C=O) groups excluding carboxylic acids is 1. The average Bonchev–Trinajstić information content (AvgIpc) is 2.84. The fourth-order valence-corrected chi connectivity index (χ4v) is 1.24. The number of aromatic amines is 1. The van der Waals surface area contributed by atoms with Crippen LogP contribution in [0.5, 0.6) is 0 Å². The van der Waals surface area contributed by atoms with Gasteiger partial charge in [-0.2, -0.15) is 0 Å². The summed E-state index contributed by atoms with van der Waals surface area (Å²) < 4.78 is 4.57. The Morgan fingerprint density at radius 1 is 1.47 bits per heavy atom. The monoisotopic (exact) mass is 242 g/mol. The molecule has 1 heterocycles. The number of carbonyl (C=O) groups is 1. The maximum Gasteiger partial charge on any atom is 0.354 e. The van der Waals surface area contributed by atoms with E-state index in [9.17, 15) is 4.79 Å². The molecular weight excluding hydrogens is 224 g/mol. The molecule has 0 unspecified atom stereocenters. The lowest BCUT2D eigenvalue weighted by atomic mass is 10.1. The first-order chi connectivity index (χ1) is 8.04. The molecule has 0 aliphatic carbocycles. The van der Waals surface area contributed by atoms with Crippen molar-refractivity contribution in [2.45, 2.75) is 19.0 Å². The van der Waals surface area contributed by atoms with Crippen LogP contribution in [0.3, 0.4) is 0 Å². The number of H-pyrrole nitrogens is 1. The number of hydrogen-bond acceptors (Lipinski definition) is 5. The molecule has 96 valence electrons. The van der Waals surface area contributed by atoms with Crippen molar-refractivity contribution in [2.24, 2.45) is 0 Å². The van der Waals surface area contributed by atoms with E-state index in [2.05, 4.69) is 15.0 Å². The van der Waals surface area contributed by atoms with Crippen LogP contribution in [0.4, 0.5) is 0 Å². The Kier molecular flexibility index (Phi) is 4.68. The molecule has 0 aromatic carbocycles. The number of esters is 1. The highest BCUT2D eigenvalue weighted by Gasteiger charge is 2.21. The topological polar surface area (TPSA) is 94.6 Å². The highest BCUT2D eigenvalue weighted by atomic mass is 16.5. The molecule has 0 saturated carbocycles. The van der Waals surface area contributed by atoms with Gasteiger partial charge in [-0.05, 0) is 19.1 Å². The minimum atomic E-state index is -0.740. The molecule has 0 radical (unpaired) electrons. The van der Waals surface area contributed by atoms with Crippen LogP contribution in [-0.2, 0) is 11.3 Å². The zero-order chi connectivity index (χ0) is 12.9. The van der Waals surface area contributed by atoms with Gasteiger partial charge in [0.2, 0.25) is 0 Å². The minimum absolute atomic E-state index is 0.173. The zero-order valence-corrected chi connectivity index (χ0v) is 9.99. The second-order valence-corrected chi connectivity index (χ2v) is 4.12. The molecule has 0 aliphatic heterocycles. The predicted octanol–water partition coefficient (Wildman–Crippen LogP) is -0.366. The molecule has 6 heteroatoms. The predicted molar refractivity (Wildman–Crippen MR) is 61.5 cm³/mol.